The third-order valence-corrected chi connectivity index (χ3v) is 3.40. The smallest absolute Gasteiger partial charge is 0.252 e. The molecule has 1 rings (SSSR count). The van der Waals surface area contributed by atoms with E-state index in [1.54, 1.807) is 18.2 Å². The first-order valence-corrected chi connectivity index (χ1v) is 6.30. The fourth-order valence-electron chi connectivity index (χ4n) is 1.63. The molecule has 0 unspecified atom stereocenters. The second-order valence-electron chi connectivity index (χ2n) is 4.10. The lowest BCUT2D eigenvalue weighted by Gasteiger charge is -2.14. The Kier molecular flexibility index (Phi) is 5.29. The summed E-state index contributed by atoms with van der Waals surface area (Å²) in [7, 11) is 0. The quantitative estimate of drug-likeness (QED) is 0.794. The van der Waals surface area contributed by atoms with Crippen molar-refractivity contribution in [1.29, 1.82) is 0 Å². The number of amides is 1. The molecule has 0 aliphatic heterocycles. The maximum absolute atomic E-state index is 11.9. The highest BCUT2D eigenvalue weighted by Gasteiger charge is 2.13. The first-order valence-electron chi connectivity index (χ1n) is 5.92. The van der Waals surface area contributed by atoms with Crippen molar-refractivity contribution in [3.8, 4) is 0 Å². The molecule has 0 spiro atoms. The lowest BCUT2D eigenvalue weighted by atomic mass is 10.0. The van der Waals surface area contributed by atoms with Gasteiger partial charge in [-0.3, -0.25) is 4.79 Å². The van der Waals surface area contributed by atoms with E-state index >= 15 is 0 Å². The van der Waals surface area contributed by atoms with E-state index in [1.807, 2.05) is 0 Å². The van der Waals surface area contributed by atoms with Crippen LogP contribution in [0.4, 0.5) is 5.69 Å². The van der Waals surface area contributed by atoms with E-state index < -0.39 is 0 Å². The second-order valence-corrected chi connectivity index (χ2v) is 4.48. The molecule has 17 heavy (non-hydrogen) atoms. The van der Waals surface area contributed by atoms with Gasteiger partial charge in [-0.05, 0) is 18.1 Å². The summed E-state index contributed by atoms with van der Waals surface area (Å²) >= 11 is 5.99. The summed E-state index contributed by atoms with van der Waals surface area (Å²) in [5.41, 5.74) is 6.53. The zero-order chi connectivity index (χ0) is 12.8. The average molecular weight is 255 g/mol. The normalized spacial score (nSPS) is 10.6. The molecule has 1 aromatic rings. The van der Waals surface area contributed by atoms with Crippen molar-refractivity contribution in [3.05, 3.63) is 28.8 Å². The van der Waals surface area contributed by atoms with Gasteiger partial charge in [0.2, 0.25) is 0 Å². The summed E-state index contributed by atoms with van der Waals surface area (Å²) in [6, 6.07) is 5.09. The molecule has 4 heteroatoms. The molecule has 3 N–H and O–H groups in total. The van der Waals surface area contributed by atoms with Gasteiger partial charge < -0.3 is 11.1 Å². The molecule has 0 radical (unpaired) electrons. The van der Waals surface area contributed by atoms with Crippen molar-refractivity contribution in [3.63, 3.8) is 0 Å². The molecule has 0 bridgehead atoms. The standard InChI is InChI=1S/C13H19ClN2O/c1-3-9(4-2)8-16-13(17)10-6-5-7-11(15)12(10)14/h5-7,9H,3-4,8,15H2,1-2H3,(H,16,17). The number of rotatable bonds is 5. The van der Waals surface area contributed by atoms with E-state index in [9.17, 15) is 4.79 Å². The van der Waals surface area contributed by atoms with Gasteiger partial charge in [-0.25, -0.2) is 0 Å². The van der Waals surface area contributed by atoms with E-state index in [-0.39, 0.29) is 5.91 Å². The molecule has 3 nitrogen and oxygen atoms in total. The van der Waals surface area contributed by atoms with Gasteiger partial charge in [-0.1, -0.05) is 44.4 Å². The van der Waals surface area contributed by atoms with Crippen LogP contribution in [-0.4, -0.2) is 12.5 Å². The number of nitrogen functional groups attached to an aromatic ring is 1. The van der Waals surface area contributed by atoms with E-state index in [0.29, 0.717) is 28.7 Å². The van der Waals surface area contributed by atoms with Crippen LogP contribution < -0.4 is 11.1 Å². The topological polar surface area (TPSA) is 55.1 Å². The molecular weight excluding hydrogens is 236 g/mol. The Morgan fingerprint density at radius 2 is 2.06 bits per heavy atom. The number of hydrogen-bond donors (Lipinski definition) is 2. The van der Waals surface area contributed by atoms with Crippen LogP contribution in [0.1, 0.15) is 37.0 Å². The molecule has 0 aliphatic carbocycles. The largest absolute Gasteiger partial charge is 0.398 e. The summed E-state index contributed by atoms with van der Waals surface area (Å²) in [5.74, 6) is 0.355. The van der Waals surface area contributed by atoms with Gasteiger partial charge in [0.15, 0.2) is 0 Å². The summed E-state index contributed by atoms with van der Waals surface area (Å²) in [6.07, 6.45) is 2.11. The number of anilines is 1. The summed E-state index contributed by atoms with van der Waals surface area (Å²) < 4.78 is 0. The minimum atomic E-state index is -0.158. The van der Waals surface area contributed by atoms with Crippen molar-refractivity contribution in [2.45, 2.75) is 26.7 Å². The number of nitrogens with two attached hydrogens (primary N) is 1. The van der Waals surface area contributed by atoms with Crippen molar-refractivity contribution >= 4 is 23.2 Å². The van der Waals surface area contributed by atoms with Crippen LogP contribution in [0.5, 0.6) is 0 Å². The number of hydrogen-bond acceptors (Lipinski definition) is 2. The van der Waals surface area contributed by atoms with Crippen LogP contribution >= 0.6 is 11.6 Å². The summed E-state index contributed by atoms with van der Waals surface area (Å²) in [6.45, 7) is 4.92. The van der Waals surface area contributed by atoms with Crippen LogP contribution in [0, 0.1) is 5.92 Å². The summed E-state index contributed by atoms with van der Waals surface area (Å²) in [5, 5.41) is 3.22. The molecule has 0 fully saturated rings. The number of carbonyl (C=O) groups excluding carboxylic acids is 1. The first kappa shape index (κ1) is 13.8. The third kappa shape index (κ3) is 3.63. The predicted octanol–water partition coefficient (Wildman–Crippen LogP) is 3.09. The maximum Gasteiger partial charge on any atom is 0.252 e. The Balaban J connectivity index is 2.67. The zero-order valence-electron chi connectivity index (χ0n) is 10.3. The van der Waals surface area contributed by atoms with E-state index in [1.165, 1.54) is 0 Å². The van der Waals surface area contributed by atoms with Gasteiger partial charge in [0.1, 0.15) is 0 Å². The molecule has 0 saturated carbocycles. The van der Waals surface area contributed by atoms with Crippen LogP contribution in [0.15, 0.2) is 18.2 Å². The van der Waals surface area contributed by atoms with Gasteiger partial charge >= 0.3 is 0 Å². The minimum absolute atomic E-state index is 0.158. The van der Waals surface area contributed by atoms with Gasteiger partial charge in [-0.15, -0.1) is 0 Å². The highest BCUT2D eigenvalue weighted by molar-refractivity contribution is 6.36. The Hall–Kier alpha value is -1.22. The van der Waals surface area contributed by atoms with Crippen LogP contribution in [-0.2, 0) is 0 Å². The average Bonchev–Trinajstić information content (AvgIpc) is 2.33. The van der Waals surface area contributed by atoms with Crippen LogP contribution in [0.3, 0.4) is 0 Å². The van der Waals surface area contributed by atoms with Gasteiger partial charge in [0, 0.05) is 6.54 Å². The predicted molar refractivity (Wildman–Crippen MR) is 72.3 cm³/mol. The summed E-state index contributed by atoms with van der Waals surface area (Å²) in [4.78, 5) is 11.9. The molecule has 0 saturated heterocycles. The molecule has 0 heterocycles. The number of nitrogens with one attached hydrogen (secondary N) is 1. The number of benzene rings is 1. The third-order valence-electron chi connectivity index (χ3n) is 2.98. The first-order chi connectivity index (χ1) is 8.10. The van der Waals surface area contributed by atoms with E-state index in [2.05, 4.69) is 19.2 Å². The Morgan fingerprint density at radius 1 is 1.41 bits per heavy atom. The number of carbonyl (C=O) groups is 1. The zero-order valence-corrected chi connectivity index (χ0v) is 11.1. The Labute approximate surface area is 107 Å². The van der Waals surface area contributed by atoms with Crippen molar-refractivity contribution in [1.82, 2.24) is 5.32 Å². The van der Waals surface area contributed by atoms with E-state index in [0.717, 1.165) is 12.8 Å². The SMILES string of the molecule is CCC(CC)CNC(=O)c1cccc(N)c1Cl. The maximum atomic E-state index is 11.9. The van der Waals surface area contributed by atoms with Crippen molar-refractivity contribution in [2.24, 2.45) is 5.92 Å². The Morgan fingerprint density at radius 3 is 2.65 bits per heavy atom. The van der Waals surface area contributed by atoms with Crippen molar-refractivity contribution < 1.29 is 4.79 Å². The molecular formula is C13H19ClN2O. The lowest BCUT2D eigenvalue weighted by molar-refractivity contribution is 0.0946. The Bertz CT molecular complexity index is 389. The molecule has 0 aliphatic rings. The molecule has 1 aromatic carbocycles. The van der Waals surface area contributed by atoms with Gasteiger partial charge in [0.25, 0.3) is 5.91 Å². The molecule has 1 amide bonds. The molecule has 0 atom stereocenters. The van der Waals surface area contributed by atoms with Gasteiger partial charge in [-0.2, -0.15) is 0 Å². The molecule has 94 valence electrons. The van der Waals surface area contributed by atoms with Crippen LogP contribution in [0.2, 0.25) is 5.02 Å². The highest BCUT2D eigenvalue weighted by atomic mass is 35.5. The lowest BCUT2D eigenvalue weighted by Crippen LogP contribution is -2.29. The fourth-order valence-corrected chi connectivity index (χ4v) is 1.85. The van der Waals surface area contributed by atoms with Crippen LogP contribution in [0.25, 0.3) is 0 Å². The van der Waals surface area contributed by atoms with E-state index in [4.69, 9.17) is 17.3 Å². The number of halogens is 1. The second kappa shape index (κ2) is 6.50. The van der Waals surface area contributed by atoms with Crippen molar-refractivity contribution in [2.75, 3.05) is 12.3 Å². The fraction of sp³-hybridized carbons (Fsp3) is 0.462. The monoisotopic (exact) mass is 254 g/mol. The highest BCUT2D eigenvalue weighted by Crippen LogP contribution is 2.22. The minimum Gasteiger partial charge on any atom is -0.398 e. The molecule has 0 aromatic heterocycles. The van der Waals surface area contributed by atoms with Gasteiger partial charge in [0.05, 0.1) is 16.3 Å².